The van der Waals surface area contributed by atoms with Gasteiger partial charge in [0.25, 0.3) is 0 Å². The molecule has 0 radical (unpaired) electrons. The molecule has 0 aliphatic rings. The van der Waals surface area contributed by atoms with Crippen LogP contribution in [0.25, 0.3) is 22.0 Å². The van der Waals surface area contributed by atoms with Crippen molar-refractivity contribution in [3.05, 3.63) is 47.5 Å². The number of hydrogen-bond acceptors (Lipinski definition) is 6. The van der Waals surface area contributed by atoms with Crippen molar-refractivity contribution in [2.75, 3.05) is 20.0 Å². The molecule has 3 aromatic rings. The maximum absolute atomic E-state index is 9.58. The van der Waals surface area contributed by atoms with Crippen LogP contribution in [-0.2, 0) is 0 Å². The van der Waals surface area contributed by atoms with E-state index < -0.39 is 0 Å². The van der Waals surface area contributed by atoms with Crippen LogP contribution in [0, 0.1) is 22.7 Å². The first-order chi connectivity index (χ1) is 12.1. The molecule has 0 aliphatic heterocycles. The fraction of sp³-hybridized carbons (Fsp3) is 0.105. The lowest BCUT2D eigenvalue weighted by molar-refractivity contribution is 0.356. The molecule has 0 unspecified atom stereocenters. The van der Waals surface area contributed by atoms with Crippen LogP contribution in [0.2, 0.25) is 0 Å². The number of hydrogen-bond donors (Lipinski definition) is 1. The maximum Gasteiger partial charge on any atom is 0.162 e. The number of anilines is 1. The number of pyridine rings is 1. The fourth-order valence-corrected chi connectivity index (χ4v) is 2.77. The van der Waals surface area contributed by atoms with Gasteiger partial charge in [-0.1, -0.05) is 12.1 Å². The standard InChI is InChI=1S/C19H14N4O2/c1-24-16-7-13-15(8-17(16)25-2)23-19(22)14(10-21)18(13)12-5-3-4-11(6-12)9-20/h3-8H,1-2H3,(H2,22,23). The molecule has 0 atom stereocenters. The molecular weight excluding hydrogens is 316 g/mol. The first-order valence-corrected chi connectivity index (χ1v) is 7.38. The number of nitrogen functional groups attached to an aromatic ring is 1. The van der Waals surface area contributed by atoms with Crippen molar-refractivity contribution < 1.29 is 9.47 Å². The molecule has 0 amide bonds. The van der Waals surface area contributed by atoms with Gasteiger partial charge >= 0.3 is 0 Å². The van der Waals surface area contributed by atoms with Crippen molar-refractivity contribution >= 4 is 16.7 Å². The molecule has 25 heavy (non-hydrogen) atoms. The van der Waals surface area contributed by atoms with Crippen LogP contribution in [0.15, 0.2) is 36.4 Å². The highest BCUT2D eigenvalue weighted by molar-refractivity contribution is 6.01. The van der Waals surface area contributed by atoms with Crippen LogP contribution in [0.1, 0.15) is 11.1 Å². The van der Waals surface area contributed by atoms with E-state index in [0.717, 1.165) is 0 Å². The summed E-state index contributed by atoms with van der Waals surface area (Å²) in [6.45, 7) is 0. The highest BCUT2D eigenvalue weighted by Gasteiger charge is 2.18. The monoisotopic (exact) mass is 330 g/mol. The van der Waals surface area contributed by atoms with Crippen molar-refractivity contribution in [2.45, 2.75) is 0 Å². The van der Waals surface area contributed by atoms with Crippen LogP contribution in [0.5, 0.6) is 11.5 Å². The number of benzene rings is 2. The number of rotatable bonds is 3. The Labute approximate surface area is 144 Å². The molecule has 3 rings (SSSR count). The van der Waals surface area contributed by atoms with Crippen molar-refractivity contribution in [1.29, 1.82) is 10.5 Å². The van der Waals surface area contributed by atoms with Gasteiger partial charge in [0.1, 0.15) is 17.5 Å². The highest BCUT2D eigenvalue weighted by Crippen LogP contribution is 2.39. The summed E-state index contributed by atoms with van der Waals surface area (Å²) >= 11 is 0. The number of fused-ring (bicyclic) bond motifs is 1. The van der Waals surface area contributed by atoms with Gasteiger partial charge in [-0.15, -0.1) is 0 Å². The fourth-order valence-electron chi connectivity index (χ4n) is 2.77. The molecule has 1 heterocycles. The number of ether oxygens (including phenoxy) is 2. The van der Waals surface area contributed by atoms with Gasteiger partial charge < -0.3 is 15.2 Å². The maximum atomic E-state index is 9.58. The molecule has 0 saturated heterocycles. The van der Waals surface area contributed by atoms with Gasteiger partial charge in [0.15, 0.2) is 11.5 Å². The van der Waals surface area contributed by atoms with Crippen LogP contribution >= 0.6 is 0 Å². The van der Waals surface area contributed by atoms with Gasteiger partial charge in [-0.25, -0.2) is 4.98 Å². The van der Waals surface area contributed by atoms with Gasteiger partial charge in [-0.05, 0) is 23.8 Å². The molecule has 6 heteroatoms. The second-order valence-electron chi connectivity index (χ2n) is 5.28. The minimum atomic E-state index is 0.125. The van der Waals surface area contributed by atoms with E-state index in [2.05, 4.69) is 17.1 Å². The lowest BCUT2D eigenvalue weighted by Gasteiger charge is -2.14. The SMILES string of the molecule is COc1cc2nc(N)c(C#N)c(-c3cccc(C#N)c3)c2cc1OC. The summed E-state index contributed by atoms with van der Waals surface area (Å²) in [6, 6.07) is 14.7. The van der Waals surface area contributed by atoms with Crippen LogP contribution in [0.3, 0.4) is 0 Å². The number of methoxy groups -OCH3 is 2. The van der Waals surface area contributed by atoms with Gasteiger partial charge in [0.2, 0.25) is 0 Å². The number of nitriles is 2. The van der Waals surface area contributed by atoms with E-state index in [1.807, 2.05) is 6.07 Å². The quantitative estimate of drug-likeness (QED) is 0.790. The molecule has 2 N–H and O–H groups in total. The predicted octanol–water partition coefficient (Wildman–Crippen LogP) is 3.24. The zero-order valence-corrected chi connectivity index (χ0v) is 13.7. The van der Waals surface area contributed by atoms with Gasteiger partial charge in [-0.3, -0.25) is 0 Å². The Kier molecular flexibility index (Phi) is 4.11. The molecular formula is C19H14N4O2. The Bertz CT molecular complexity index is 1060. The van der Waals surface area contributed by atoms with Gasteiger partial charge in [0.05, 0.1) is 31.4 Å². The van der Waals surface area contributed by atoms with Crippen LogP contribution < -0.4 is 15.2 Å². The summed E-state index contributed by atoms with van der Waals surface area (Å²) in [5.41, 5.74) is 8.65. The van der Waals surface area contributed by atoms with Crippen LogP contribution in [0.4, 0.5) is 5.82 Å². The average molecular weight is 330 g/mol. The van der Waals surface area contributed by atoms with Crippen molar-refractivity contribution in [2.24, 2.45) is 0 Å². The van der Waals surface area contributed by atoms with E-state index in [4.69, 9.17) is 20.5 Å². The van der Waals surface area contributed by atoms with E-state index in [9.17, 15) is 5.26 Å². The molecule has 0 bridgehead atoms. The zero-order chi connectivity index (χ0) is 18.0. The Balaban J connectivity index is 2.46. The van der Waals surface area contributed by atoms with E-state index >= 15 is 0 Å². The summed E-state index contributed by atoms with van der Waals surface area (Å²) in [5.74, 6) is 1.16. The summed E-state index contributed by atoms with van der Waals surface area (Å²) in [5, 5.41) is 19.4. The molecule has 6 nitrogen and oxygen atoms in total. The normalized spacial score (nSPS) is 10.1. The lowest BCUT2D eigenvalue weighted by atomic mass is 9.95. The number of nitrogens with zero attached hydrogens (tertiary/aromatic N) is 3. The molecule has 0 spiro atoms. The summed E-state index contributed by atoms with van der Waals surface area (Å²) in [6.07, 6.45) is 0. The third-order valence-corrected chi connectivity index (χ3v) is 3.91. The number of aromatic nitrogens is 1. The Morgan fingerprint density at radius 2 is 1.72 bits per heavy atom. The molecule has 1 aromatic heterocycles. The van der Waals surface area contributed by atoms with E-state index in [0.29, 0.717) is 39.1 Å². The minimum Gasteiger partial charge on any atom is -0.493 e. The summed E-state index contributed by atoms with van der Waals surface area (Å²) < 4.78 is 10.7. The molecule has 0 fully saturated rings. The Morgan fingerprint density at radius 1 is 1.00 bits per heavy atom. The largest absolute Gasteiger partial charge is 0.493 e. The third kappa shape index (κ3) is 2.66. The topological polar surface area (TPSA) is 105 Å². The van der Waals surface area contributed by atoms with Crippen molar-refractivity contribution in [3.8, 4) is 34.8 Å². The summed E-state index contributed by atoms with van der Waals surface area (Å²) in [4.78, 5) is 4.31. The van der Waals surface area contributed by atoms with E-state index in [1.54, 1.807) is 30.3 Å². The highest BCUT2D eigenvalue weighted by atomic mass is 16.5. The minimum absolute atomic E-state index is 0.125. The van der Waals surface area contributed by atoms with Gasteiger partial charge in [-0.2, -0.15) is 10.5 Å². The first kappa shape index (κ1) is 16.1. The first-order valence-electron chi connectivity index (χ1n) is 7.38. The molecule has 0 aliphatic carbocycles. The Hall–Kier alpha value is -3.77. The van der Waals surface area contributed by atoms with E-state index in [-0.39, 0.29) is 11.4 Å². The van der Waals surface area contributed by atoms with Crippen molar-refractivity contribution in [3.63, 3.8) is 0 Å². The zero-order valence-electron chi connectivity index (χ0n) is 13.7. The molecule has 2 aromatic carbocycles. The van der Waals surface area contributed by atoms with E-state index in [1.165, 1.54) is 14.2 Å². The second-order valence-corrected chi connectivity index (χ2v) is 5.28. The number of nitrogens with two attached hydrogens (primary N) is 1. The summed E-state index contributed by atoms with van der Waals surface area (Å²) in [7, 11) is 3.07. The van der Waals surface area contributed by atoms with Crippen LogP contribution in [-0.4, -0.2) is 19.2 Å². The third-order valence-electron chi connectivity index (χ3n) is 3.91. The lowest BCUT2D eigenvalue weighted by Crippen LogP contribution is -2.00. The predicted molar refractivity (Wildman–Crippen MR) is 94.1 cm³/mol. The molecule has 0 saturated carbocycles. The average Bonchev–Trinajstić information content (AvgIpc) is 2.65. The van der Waals surface area contributed by atoms with Crippen molar-refractivity contribution in [1.82, 2.24) is 4.98 Å². The molecule has 122 valence electrons. The Morgan fingerprint density at radius 3 is 2.36 bits per heavy atom. The second kappa shape index (κ2) is 6.38. The van der Waals surface area contributed by atoms with Gasteiger partial charge in [0, 0.05) is 17.0 Å². The smallest absolute Gasteiger partial charge is 0.162 e.